The van der Waals surface area contributed by atoms with Gasteiger partial charge in [0.25, 0.3) is 0 Å². The summed E-state index contributed by atoms with van der Waals surface area (Å²) in [4.78, 5) is 2.37. The highest BCUT2D eigenvalue weighted by Gasteiger charge is 2.29. The average molecular weight is 266 g/mol. The molecular weight excluding hydrogens is 236 g/mol. The molecule has 0 spiro atoms. The first-order valence-corrected chi connectivity index (χ1v) is 7.25. The summed E-state index contributed by atoms with van der Waals surface area (Å²) in [6, 6.07) is 0.690. The highest BCUT2D eigenvalue weighted by atomic mass is 15.3. The molecular formula is C15H30N4. The van der Waals surface area contributed by atoms with Crippen molar-refractivity contribution >= 4 is 0 Å². The van der Waals surface area contributed by atoms with Gasteiger partial charge in [0.2, 0.25) is 0 Å². The second-order valence-electron chi connectivity index (χ2n) is 6.50. The lowest BCUT2D eigenvalue weighted by molar-refractivity contribution is 0.100. The third kappa shape index (κ3) is 4.05. The van der Waals surface area contributed by atoms with Crippen molar-refractivity contribution in [3.63, 3.8) is 0 Å². The van der Waals surface area contributed by atoms with Crippen molar-refractivity contribution in [2.45, 2.75) is 59.7 Å². The average Bonchev–Trinajstić information content (AvgIpc) is 2.76. The van der Waals surface area contributed by atoms with E-state index in [2.05, 4.69) is 57.9 Å². The molecule has 1 heterocycles. The van der Waals surface area contributed by atoms with Crippen molar-refractivity contribution in [2.75, 3.05) is 13.6 Å². The van der Waals surface area contributed by atoms with Crippen molar-refractivity contribution in [1.82, 2.24) is 14.7 Å². The molecule has 110 valence electrons. The zero-order valence-electron chi connectivity index (χ0n) is 13.3. The van der Waals surface area contributed by atoms with Crippen molar-refractivity contribution in [2.24, 2.45) is 11.1 Å². The summed E-state index contributed by atoms with van der Waals surface area (Å²) in [5.41, 5.74) is 7.45. The second kappa shape index (κ2) is 6.53. The Kier molecular flexibility index (Phi) is 5.56. The van der Waals surface area contributed by atoms with Crippen LogP contribution in [0.5, 0.6) is 0 Å². The standard InChI is InChI=1S/C15H30N4/c1-7-8-19-11-13(10-17-19)14(9-16)18(6)12(2)15(3,4)5/h10-12,14H,7-9,16H2,1-6H3. The Morgan fingerprint density at radius 3 is 2.53 bits per heavy atom. The lowest BCUT2D eigenvalue weighted by atomic mass is 9.86. The molecule has 0 bridgehead atoms. The molecule has 2 atom stereocenters. The van der Waals surface area contributed by atoms with E-state index in [9.17, 15) is 0 Å². The maximum Gasteiger partial charge on any atom is 0.0538 e. The fourth-order valence-electron chi connectivity index (χ4n) is 2.32. The van der Waals surface area contributed by atoms with Crippen LogP contribution in [-0.4, -0.2) is 34.3 Å². The Hall–Kier alpha value is -0.870. The quantitative estimate of drug-likeness (QED) is 0.861. The Bertz CT molecular complexity index is 378. The van der Waals surface area contributed by atoms with Crippen molar-refractivity contribution in [3.8, 4) is 0 Å². The van der Waals surface area contributed by atoms with Gasteiger partial charge in [-0.05, 0) is 25.8 Å². The van der Waals surface area contributed by atoms with E-state index in [0.717, 1.165) is 13.0 Å². The van der Waals surface area contributed by atoms with Gasteiger partial charge in [0.05, 0.1) is 12.2 Å². The SMILES string of the molecule is CCCn1cc(C(CN)N(C)C(C)C(C)(C)C)cn1. The summed E-state index contributed by atoms with van der Waals surface area (Å²) in [5, 5.41) is 4.41. The molecule has 0 aliphatic heterocycles. The van der Waals surface area contributed by atoms with Crippen LogP contribution in [0.3, 0.4) is 0 Å². The van der Waals surface area contributed by atoms with E-state index in [1.807, 2.05) is 10.9 Å². The molecule has 0 radical (unpaired) electrons. The monoisotopic (exact) mass is 266 g/mol. The molecule has 1 aromatic heterocycles. The lowest BCUT2D eigenvalue weighted by Gasteiger charge is -2.39. The molecule has 4 nitrogen and oxygen atoms in total. The minimum atomic E-state index is 0.236. The fraction of sp³-hybridized carbons (Fsp3) is 0.800. The van der Waals surface area contributed by atoms with Crippen molar-refractivity contribution < 1.29 is 0 Å². The maximum atomic E-state index is 5.99. The van der Waals surface area contributed by atoms with Crippen LogP contribution in [0.15, 0.2) is 12.4 Å². The van der Waals surface area contributed by atoms with Crippen LogP contribution in [0.25, 0.3) is 0 Å². The van der Waals surface area contributed by atoms with Gasteiger partial charge in [-0.1, -0.05) is 27.7 Å². The first kappa shape index (κ1) is 16.2. The Morgan fingerprint density at radius 2 is 2.05 bits per heavy atom. The molecule has 0 saturated heterocycles. The summed E-state index contributed by atoms with van der Waals surface area (Å²) < 4.78 is 2.01. The molecule has 0 aliphatic rings. The summed E-state index contributed by atoms with van der Waals surface area (Å²) >= 11 is 0. The van der Waals surface area contributed by atoms with E-state index < -0.39 is 0 Å². The van der Waals surface area contributed by atoms with Crippen LogP contribution < -0.4 is 5.73 Å². The number of likely N-dealkylation sites (N-methyl/N-ethyl adjacent to an activating group) is 1. The van der Waals surface area contributed by atoms with Crippen molar-refractivity contribution in [3.05, 3.63) is 18.0 Å². The van der Waals surface area contributed by atoms with Gasteiger partial charge in [-0.2, -0.15) is 5.10 Å². The predicted octanol–water partition coefficient (Wildman–Crippen LogP) is 2.66. The van der Waals surface area contributed by atoms with Gasteiger partial charge in [0, 0.05) is 30.9 Å². The number of aromatic nitrogens is 2. The van der Waals surface area contributed by atoms with E-state index in [-0.39, 0.29) is 11.5 Å². The fourth-order valence-corrected chi connectivity index (χ4v) is 2.32. The molecule has 4 heteroatoms. The van der Waals surface area contributed by atoms with E-state index in [0.29, 0.717) is 12.6 Å². The van der Waals surface area contributed by atoms with Crippen LogP contribution >= 0.6 is 0 Å². The Balaban J connectivity index is 2.86. The topological polar surface area (TPSA) is 47.1 Å². The molecule has 19 heavy (non-hydrogen) atoms. The second-order valence-corrected chi connectivity index (χ2v) is 6.50. The highest BCUT2D eigenvalue weighted by Crippen LogP contribution is 2.29. The van der Waals surface area contributed by atoms with Gasteiger partial charge in [-0.3, -0.25) is 9.58 Å². The third-order valence-electron chi connectivity index (χ3n) is 4.07. The van der Waals surface area contributed by atoms with Crippen LogP contribution in [0.2, 0.25) is 0 Å². The number of hydrogen-bond donors (Lipinski definition) is 1. The molecule has 0 saturated carbocycles. The number of aryl methyl sites for hydroxylation is 1. The number of rotatable bonds is 6. The predicted molar refractivity (Wildman–Crippen MR) is 81.0 cm³/mol. The zero-order valence-corrected chi connectivity index (χ0v) is 13.3. The molecule has 1 rings (SSSR count). The molecule has 2 unspecified atom stereocenters. The first-order valence-electron chi connectivity index (χ1n) is 7.25. The normalized spacial score (nSPS) is 15.8. The summed E-state index contributed by atoms with van der Waals surface area (Å²) in [6.45, 7) is 12.8. The van der Waals surface area contributed by atoms with E-state index >= 15 is 0 Å². The number of hydrogen-bond acceptors (Lipinski definition) is 3. The number of nitrogens with two attached hydrogens (primary N) is 1. The molecule has 0 fully saturated rings. The van der Waals surface area contributed by atoms with Gasteiger partial charge in [0.1, 0.15) is 0 Å². The smallest absolute Gasteiger partial charge is 0.0538 e. The van der Waals surface area contributed by atoms with Gasteiger partial charge in [0.15, 0.2) is 0 Å². The van der Waals surface area contributed by atoms with Gasteiger partial charge < -0.3 is 5.73 Å². The summed E-state index contributed by atoms with van der Waals surface area (Å²) in [7, 11) is 2.16. The maximum absolute atomic E-state index is 5.99. The number of nitrogens with zero attached hydrogens (tertiary/aromatic N) is 3. The van der Waals surface area contributed by atoms with Crippen LogP contribution in [0.4, 0.5) is 0 Å². The minimum Gasteiger partial charge on any atom is -0.329 e. The lowest BCUT2D eigenvalue weighted by Crippen LogP contribution is -2.43. The summed E-state index contributed by atoms with van der Waals surface area (Å²) in [6.07, 6.45) is 5.19. The Labute approximate surface area is 118 Å². The molecule has 1 aromatic rings. The van der Waals surface area contributed by atoms with Crippen molar-refractivity contribution in [1.29, 1.82) is 0 Å². The first-order chi connectivity index (χ1) is 8.81. The molecule has 2 N–H and O–H groups in total. The highest BCUT2D eigenvalue weighted by molar-refractivity contribution is 5.12. The molecule has 0 amide bonds. The third-order valence-corrected chi connectivity index (χ3v) is 4.07. The van der Waals surface area contributed by atoms with Crippen LogP contribution in [0.1, 0.15) is 52.6 Å². The molecule has 0 aromatic carbocycles. The minimum absolute atomic E-state index is 0.236. The van der Waals surface area contributed by atoms with Gasteiger partial charge >= 0.3 is 0 Å². The van der Waals surface area contributed by atoms with Gasteiger partial charge in [-0.25, -0.2) is 0 Å². The van der Waals surface area contributed by atoms with E-state index in [1.165, 1.54) is 5.56 Å². The molecule has 0 aliphatic carbocycles. The van der Waals surface area contributed by atoms with Crippen LogP contribution in [0, 0.1) is 5.41 Å². The van der Waals surface area contributed by atoms with Crippen LogP contribution in [-0.2, 0) is 6.54 Å². The van der Waals surface area contributed by atoms with Gasteiger partial charge in [-0.15, -0.1) is 0 Å². The Morgan fingerprint density at radius 1 is 1.42 bits per heavy atom. The van der Waals surface area contributed by atoms with E-state index in [1.54, 1.807) is 0 Å². The summed E-state index contributed by atoms with van der Waals surface area (Å²) in [5.74, 6) is 0. The van der Waals surface area contributed by atoms with E-state index in [4.69, 9.17) is 5.73 Å². The largest absolute Gasteiger partial charge is 0.329 e. The zero-order chi connectivity index (χ0) is 14.6.